The van der Waals surface area contributed by atoms with Gasteiger partial charge in [0, 0.05) is 16.0 Å². The molecule has 1 heterocycles. The molecule has 0 radical (unpaired) electrons. The van der Waals surface area contributed by atoms with Crippen LogP contribution in [-0.4, -0.2) is 12.4 Å². The van der Waals surface area contributed by atoms with Gasteiger partial charge in [-0.1, -0.05) is 17.7 Å². The quantitative estimate of drug-likeness (QED) is 0.365. The number of nitriles is 1. The van der Waals surface area contributed by atoms with Gasteiger partial charge in [0.05, 0.1) is 11.9 Å². The Bertz CT molecular complexity index is 725. The predicted octanol–water partition coefficient (Wildman–Crippen LogP) is 5.70. The molecule has 0 amide bonds. The third kappa shape index (κ3) is 6.86. The Kier molecular flexibility index (Phi) is 9.16. The molecule has 2 aromatic rings. The van der Waals surface area contributed by atoms with E-state index in [1.165, 1.54) is 16.7 Å². The minimum atomic E-state index is 0.194. The summed E-state index contributed by atoms with van der Waals surface area (Å²) in [6, 6.07) is 8.19. The van der Waals surface area contributed by atoms with E-state index in [-0.39, 0.29) is 13.1 Å². The second-order valence-electron chi connectivity index (χ2n) is 4.65. The second-order valence-corrected chi connectivity index (χ2v) is 7.63. The first-order valence-corrected chi connectivity index (χ1v) is 10.4. The molecule has 0 aliphatic rings. The van der Waals surface area contributed by atoms with Crippen LogP contribution in [0.25, 0.3) is 0 Å². The van der Waals surface area contributed by atoms with Crippen LogP contribution in [-0.2, 0) is 13.1 Å². The molecule has 0 aliphatic heterocycles. The Morgan fingerprint density at radius 1 is 1.09 bits per heavy atom. The van der Waals surface area contributed by atoms with Crippen molar-refractivity contribution >= 4 is 49.6 Å². The van der Waals surface area contributed by atoms with Gasteiger partial charge in [0.1, 0.15) is 0 Å². The second kappa shape index (κ2) is 10.6. The molecule has 1 aromatic carbocycles. The Balaban J connectivity index is 0.000000816. The van der Waals surface area contributed by atoms with Crippen molar-refractivity contribution in [2.45, 2.75) is 20.8 Å². The summed E-state index contributed by atoms with van der Waals surface area (Å²) in [6.07, 6.45) is 5.17. The average molecular weight is 408 g/mol. The number of halogens is 2. The molecule has 0 N–H and O–H groups in total. The molecule has 1 aromatic heterocycles. The molecule has 0 saturated carbocycles. The van der Waals surface area contributed by atoms with Crippen LogP contribution in [0.1, 0.15) is 26.4 Å². The first-order chi connectivity index (χ1) is 11.0. The van der Waals surface area contributed by atoms with Gasteiger partial charge < -0.3 is 0 Å². The summed E-state index contributed by atoms with van der Waals surface area (Å²) >= 11 is 1.75. The van der Waals surface area contributed by atoms with Gasteiger partial charge in [0.25, 0.3) is 0 Å². The van der Waals surface area contributed by atoms with Crippen LogP contribution in [0.3, 0.4) is 0 Å². The summed E-state index contributed by atoms with van der Waals surface area (Å²) in [5.41, 5.74) is 4.64. The standard InChI is InChI=1S/C16H15N3S.2ClH.Fe/c1-11-6-12(2)16(13(3)7-11)19-9-15-5-4-14(20-15)8-18-10-17;;;/h4-9H,1-3H3;2*1H;/q;;;+2/p-2. The number of rotatable bonds is 3. The number of benzene rings is 1. The van der Waals surface area contributed by atoms with Crippen LogP contribution in [0.15, 0.2) is 34.3 Å². The Morgan fingerprint density at radius 2 is 1.61 bits per heavy atom. The van der Waals surface area contributed by atoms with Gasteiger partial charge in [-0.15, -0.1) is 11.3 Å². The number of hydrogen-bond donors (Lipinski definition) is 0. The molecule has 0 unspecified atom stereocenters. The van der Waals surface area contributed by atoms with E-state index in [1.807, 2.05) is 18.3 Å². The van der Waals surface area contributed by atoms with E-state index in [9.17, 15) is 0 Å². The molecule has 0 atom stereocenters. The van der Waals surface area contributed by atoms with Crippen LogP contribution in [0.2, 0.25) is 0 Å². The molecule has 7 heteroatoms. The summed E-state index contributed by atoms with van der Waals surface area (Å²) < 4.78 is 0. The third-order valence-corrected chi connectivity index (χ3v) is 3.81. The van der Waals surface area contributed by atoms with Crippen LogP contribution in [0.4, 0.5) is 5.69 Å². The van der Waals surface area contributed by atoms with E-state index < -0.39 is 0 Å². The normalized spacial score (nSPS) is 10.8. The number of aliphatic imine (C=N–C) groups is 2. The molecule has 2 rings (SSSR count). The number of nitrogens with zero attached hydrogens (tertiary/aromatic N) is 3. The van der Waals surface area contributed by atoms with Crippen molar-refractivity contribution in [3.63, 3.8) is 0 Å². The van der Waals surface area contributed by atoms with Crippen molar-refractivity contribution in [3.05, 3.63) is 50.7 Å². The van der Waals surface area contributed by atoms with Crippen LogP contribution >= 0.6 is 31.5 Å². The van der Waals surface area contributed by atoms with Gasteiger partial charge in [-0.3, -0.25) is 4.99 Å². The van der Waals surface area contributed by atoms with Gasteiger partial charge in [-0.2, -0.15) is 10.3 Å². The summed E-state index contributed by atoms with van der Waals surface area (Å²) in [4.78, 5) is 10.1. The zero-order valence-electron chi connectivity index (χ0n) is 12.8. The van der Waals surface area contributed by atoms with E-state index in [0.717, 1.165) is 15.4 Å². The Labute approximate surface area is 155 Å². The Hall–Kier alpha value is -1.15. The fraction of sp³-hybridized carbons (Fsp3) is 0.188. The fourth-order valence-corrected chi connectivity index (χ4v) is 2.86. The van der Waals surface area contributed by atoms with E-state index in [4.69, 9.17) is 25.5 Å². The number of aryl methyl sites for hydroxylation is 3. The van der Waals surface area contributed by atoms with Gasteiger partial charge in [0.2, 0.25) is 6.19 Å². The minimum absolute atomic E-state index is 0.194. The van der Waals surface area contributed by atoms with Crippen molar-refractivity contribution in [2.24, 2.45) is 9.98 Å². The van der Waals surface area contributed by atoms with Gasteiger partial charge in [-0.05, 0) is 44.0 Å². The van der Waals surface area contributed by atoms with Crippen molar-refractivity contribution in [1.82, 2.24) is 0 Å². The van der Waals surface area contributed by atoms with E-state index in [1.54, 1.807) is 23.7 Å². The van der Waals surface area contributed by atoms with Crippen LogP contribution in [0, 0.1) is 32.2 Å². The van der Waals surface area contributed by atoms with Gasteiger partial charge in [-0.25, -0.2) is 0 Å². The number of hydrogen-bond acceptors (Lipinski definition) is 4. The average Bonchev–Trinajstić information content (AvgIpc) is 2.92. The summed E-state index contributed by atoms with van der Waals surface area (Å²) in [7, 11) is 9.53. The molecular formula is C16H15Cl2FeN3S. The topological polar surface area (TPSA) is 48.5 Å². The van der Waals surface area contributed by atoms with Crippen LogP contribution in [0.5, 0.6) is 0 Å². The predicted molar refractivity (Wildman–Crippen MR) is 97.1 cm³/mol. The maximum absolute atomic E-state index is 8.40. The fourth-order valence-electron chi connectivity index (χ4n) is 2.10. The van der Waals surface area contributed by atoms with Crippen molar-refractivity contribution in [2.75, 3.05) is 0 Å². The van der Waals surface area contributed by atoms with E-state index in [0.29, 0.717) is 0 Å². The molecule has 0 spiro atoms. The first-order valence-electron chi connectivity index (χ1n) is 6.51. The zero-order chi connectivity index (χ0) is 17.2. The first kappa shape index (κ1) is 19.9. The molecule has 3 nitrogen and oxygen atoms in total. The molecular weight excluding hydrogens is 393 g/mol. The molecule has 23 heavy (non-hydrogen) atoms. The summed E-state index contributed by atoms with van der Waals surface area (Å²) in [5, 5.41) is 8.40. The van der Waals surface area contributed by atoms with Crippen molar-refractivity contribution in [3.8, 4) is 6.19 Å². The molecule has 0 saturated heterocycles. The van der Waals surface area contributed by atoms with Crippen molar-refractivity contribution in [1.29, 1.82) is 5.26 Å². The molecule has 122 valence electrons. The van der Waals surface area contributed by atoms with E-state index >= 15 is 0 Å². The molecule has 0 bridgehead atoms. The van der Waals surface area contributed by atoms with Crippen molar-refractivity contribution < 1.29 is 13.1 Å². The van der Waals surface area contributed by atoms with Gasteiger partial charge >= 0.3 is 33.3 Å². The van der Waals surface area contributed by atoms with Crippen LogP contribution < -0.4 is 0 Å². The third-order valence-electron chi connectivity index (χ3n) is 2.85. The Morgan fingerprint density at radius 3 is 2.13 bits per heavy atom. The summed E-state index contributed by atoms with van der Waals surface area (Å²) in [5.74, 6) is 0. The van der Waals surface area contributed by atoms with E-state index in [2.05, 4.69) is 42.9 Å². The maximum atomic E-state index is 8.40. The molecule has 0 aliphatic carbocycles. The number of thiophene rings is 1. The zero-order valence-corrected chi connectivity index (χ0v) is 16.3. The molecule has 0 fully saturated rings. The van der Waals surface area contributed by atoms with Gasteiger partial charge in [0.15, 0.2) is 0 Å². The monoisotopic (exact) mass is 407 g/mol. The SMILES string of the molecule is Cc1cc(C)c(N=Cc2ccc(C=NC#N)s2)c(C)c1.[Cl][Fe][Cl]. The summed E-state index contributed by atoms with van der Waals surface area (Å²) in [6.45, 7) is 6.24.